The number of aromatic hydroxyl groups is 1. The monoisotopic (exact) mass is 253 g/mol. The second kappa shape index (κ2) is 4.39. The van der Waals surface area contributed by atoms with Gasteiger partial charge in [0.1, 0.15) is 12.0 Å². The maximum atomic E-state index is 9.89. The molecule has 1 N–H and O–H groups in total. The number of hydrogen-bond acceptors (Lipinski definition) is 3. The lowest BCUT2D eigenvalue weighted by Crippen LogP contribution is -2.02. The molecule has 0 unspecified atom stereocenters. The van der Waals surface area contributed by atoms with Gasteiger partial charge in [-0.3, -0.25) is 0 Å². The topological polar surface area (TPSA) is 50.9 Å². The highest BCUT2D eigenvalue weighted by Crippen LogP contribution is 2.29. The normalized spacial score (nSPS) is 11.1. The number of benzene rings is 1. The largest absolute Gasteiger partial charge is 0.493 e. The minimum atomic E-state index is 0.0532. The van der Waals surface area contributed by atoms with Crippen LogP contribution in [0.5, 0.6) is 5.88 Å². The molecule has 0 atom stereocenters. The molecule has 0 bridgehead atoms. The van der Waals surface area contributed by atoms with Crippen LogP contribution in [0.3, 0.4) is 0 Å². The van der Waals surface area contributed by atoms with Gasteiger partial charge in [0.2, 0.25) is 5.88 Å². The van der Waals surface area contributed by atoms with Crippen LogP contribution >= 0.6 is 0 Å². The molecule has 0 aliphatic heterocycles. The van der Waals surface area contributed by atoms with Gasteiger partial charge < -0.3 is 9.67 Å². The fraction of sp³-hybridized carbons (Fsp3) is 0.200. The Bertz CT molecular complexity index is 732. The van der Waals surface area contributed by atoms with Gasteiger partial charge in [0.15, 0.2) is 0 Å². The third-order valence-electron chi connectivity index (χ3n) is 3.57. The van der Waals surface area contributed by atoms with Crippen molar-refractivity contribution in [3.8, 4) is 5.88 Å². The van der Waals surface area contributed by atoms with Crippen LogP contribution in [0.2, 0.25) is 0 Å². The van der Waals surface area contributed by atoms with Gasteiger partial charge >= 0.3 is 0 Å². The van der Waals surface area contributed by atoms with Gasteiger partial charge in [-0.05, 0) is 25.0 Å². The van der Waals surface area contributed by atoms with Gasteiger partial charge in [0, 0.05) is 12.2 Å². The first-order valence-electron chi connectivity index (χ1n) is 6.21. The Balaban J connectivity index is 2.19. The molecule has 3 aromatic rings. The molecule has 4 heteroatoms. The summed E-state index contributed by atoms with van der Waals surface area (Å²) in [5, 5.41) is 10.6. The van der Waals surface area contributed by atoms with Crippen LogP contribution in [0.15, 0.2) is 36.7 Å². The van der Waals surface area contributed by atoms with E-state index >= 15 is 0 Å². The zero-order chi connectivity index (χ0) is 13.4. The van der Waals surface area contributed by atoms with Crippen molar-refractivity contribution in [2.75, 3.05) is 0 Å². The van der Waals surface area contributed by atoms with Gasteiger partial charge in [-0.2, -0.15) is 0 Å². The summed E-state index contributed by atoms with van der Waals surface area (Å²) in [7, 11) is 0. The highest BCUT2D eigenvalue weighted by molar-refractivity contribution is 5.86. The lowest BCUT2D eigenvalue weighted by molar-refractivity contribution is 0.459. The van der Waals surface area contributed by atoms with E-state index in [0.29, 0.717) is 0 Å². The van der Waals surface area contributed by atoms with E-state index in [-0.39, 0.29) is 5.88 Å². The lowest BCUT2D eigenvalue weighted by atomic mass is 10.2. The molecular weight excluding hydrogens is 238 g/mol. The summed E-state index contributed by atoms with van der Waals surface area (Å²) in [5.41, 5.74) is 4.13. The molecule has 0 fully saturated rings. The Labute approximate surface area is 111 Å². The average Bonchev–Trinajstić information content (AvgIpc) is 2.66. The SMILES string of the molecule is Cc1c(C)n(Cc2ccccc2)c2ncnc(O)c12. The van der Waals surface area contributed by atoms with E-state index in [1.54, 1.807) is 0 Å². The fourth-order valence-electron chi connectivity index (χ4n) is 2.41. The standard InChI is InChI=1S/C15H15N3O/c1-10-11(2)18(8-12-6-4-3-5-7-12)14-13(10)15(19)17-9-16-14/h3-7,9H,8H2,1-2H3,(H,16,17,19). The Hall–Kier alpha value is -2.36. The molecule has 2 aromatic heterocycles. The maximum absolute atomic E-state index is 9.89. The summed E-state index contributed by atoms with van der Waals surface area (Å²) < 4.78 is 2.11. The summed E-state index contributed by atoms with van der Waals surface area (Å²) in [6.07, 6.45) is 1.40. The van der Waals surface area contributed by atoms with Crippen molar-refractivity contribution >= 4 is 11.0 Å². The van der Waals surface area contributed by atoms with E-state index in [4.69, 9.17) is 0 Å². The zero-order valence-electron chi connectivity index (χ0n) is 11.0. The third-order valence-corrected chi connectivity index (χ3v) is 3.57. The molecular formula is C15H15N3O. The lowest BCUT2D eigenvalue weighted by Gasteiger charge is -2.07. The van der Waals surface area contributed by atoms with E-state index < -0.39 is 0 Å². The molecule has 96 valence electrons. The minimum Gasteiger partial charge on any atom is -0.493 e. The maximum Gasteiger partial charge on any atom is 0.223 e. The smallest absolute Gasteiger partial charge is 0.223 e. The summed E-state index contributed by atoms with van der Waals surface area (Å²) in [4.78, 5) is 8.17. The Morgan fingerprint density at radius 3 is 2.58 bits per heavy atom. The molecule has 0 spiro atoms. The molecule has 19 heavy (non-hydrogen) atoms. The molecule has 4 nitrogen and oxygen atoms in total. The molecule has 3 rings (SSSR count). The second-order valence-electron chi connectivity index (χ2n) is 4.68. The molecule has 2 heterocycles. The van der Waals surface area contributed by atoms with E-state index in [1.807, 2.05) is 32.0 Å². The molecule has 0 saturated carbocycles. The van der Waals surface area contributed by atoms with Gasteiger partial charge in [0.25, 0.3) is 0 Å². The number of rotatable bonds is 2. The van der Waals surface area contributed by atoms with Crippen molar-refractivity contribution in [3.05, 3.63) is 53.5 Å². The predicted molar refractivity (Wildman–Crippen MR) is 74.2 cm³/mol. The molecule has 0 aliphatic carbocycles. The minimum absolute atomic E-state index is 0.0532. The van der Waals surface area contributed by atoms with Crippen LogP contribution in [0, 0.1) is 13.8 Å². The highest BCUT2D eigenvalue weighted by Gasteiger charge is 2.15. The van der Waals surface area contributed by atoms with Crippen LogP contribution in [0.25, 0.3) is 11.0 Å². The van der Waals surface area contributed by atoms with Crippen LogP contribution in [0.4, 0.5) is 0 Å². The first-order chi connectivity index (χ1) is 9.18. The molecule has 0 radical (unpaired) electrons. The molecule has 0 aliphatic rings. The van der Waals surface area contributed by atoms with Crippen molar-refractivity contribution in [2.45, 2.75) is 20.4 Å². The van der Waals surface area contributed by atoms with Crippen molar-refractivity contribution in [2.24, 2.45) is 0 Å². The van der Waals surface area contributed by atoms with Gasteiger partial charge in [-0.1, -0.05) is 30.3 Å². The van der Waals surface area contributed by atoms with Crippen LogP contribution in [-0.2, 0) is 6.54 Å². The fourth-order valence-corrected chi connectivity index (χ4v) is 2.41. The number of aryl methyl sites for hydroxylation is 1. The Morgan fingerprint density at radius 2 is 1.84 bits per heavy atom. The second-order valence-corrected chi connectivity index (χ2v) is 4.68. The summed E-state index contributed by atoms with van der Waals surface area (Å²) in [6.45, 7) is 4.77. The van der Waals surface area contributed by atoms with Crippen LogP contribution in [0.1, 0.15) is 16.8 Å². The van der Waals surface area contributed by atoms with E-state index in [1.165, 1.54) is 11.9 Å². The number of fused-ring (bicyclic) bond motifs is 1. The number of hydrogen-bond donors (Lipinski definition) is 1. The van der Waals surface area contributed by atoms with Gasteiger partial charge in [-0.25, -0.2) is 9.97 Å². The zero-order valence-corrected chi connectivity index (χ0v) is 11.0. The molecule has 0 saturated heterocycles. The average molecular weight is 253 g/mol. The van der Waals surface area contributed by atoms with E-state index in [9.17, 15) is 5.11 Å². The van der Waals surface area contributed by atoms with Crippen molar-refractivity contribution < 1.29 is 5.11 Å². The van der Waals surface area contributed by atoms with Crippen molar-refractivity contribution in [3.63, 3.8) is 0 Å². The van der Waals surface area contributed by atoms with Crippen LogP contribution in [-0.4, -0.2) is 19.6 Å². The summed E-state index contributed by atoms with van der Waals surface area (Å²) >= 11 is 0. The predicted octanol–water partition coefficient (Wildman–Crippen LogP) is 2.80. The number of aromatic nitrogens is 3. The third kappa shape index (κ3) is 1.85. The molecule has 0 amide bonds. The number of nitrogens with zero attached hydrogens (tertiary/aromatic N) is 3. The highest BCUT2D eigenvalue weighted by atomic mass is 16.3. The first-order valence-corrected chi connectivity index (χ1v) is 6.21. The van der Waals surface area contributed by atoms with Crippen molar-refractivity contribution in [1.29, 1.82) is 0 Å². The van der Waals surface area contributed by atoms with Crippen LogP contribution < -0.4 is 0 Å². The van der Waals surface area contributed by atoms with Gasteiger partial charge in [-0.15, -0.1) is 0 Å². The van der Waals surface area contributed by atoms with Crippen molar-refractivity contribution in [1.82, 2.24) is 14.5 Å². The quantitative estimate of drug-likeness (QED) is 0.764. The summed E-state index contributed by atoms with van der Waals surface area (Å²) in [6, 6.07) is 10.2. The van der Waals surface area contributed by atoms with E-state index in [0.717, 1.165) is 28.8 Å². The first kappa shape index (κ1) is 11.7. The Morgan fingerprint density at radius 1 is 1.11 bits per heavy atom. The molecule has 1 aromatic carbocycles. The van der Waals surface area contributed by atoms with Gasteiger partial charge in [0.05, 0.1) is 5.39 Å². The summed E-state index contributed by atoms with van der Waals surface area (Å²) in [5.74, 6) is 0.0532. The Kier molecular flexibility index (Phi) is 2.71. The van der Waals surface area contributed by atoms with E-state index in [2.05, 4.69) is 26.7 Å².